The molecule has 4 nitrogen and oxygen atoms in total. The highest BCUT2D eigenvalue weighted by molar-refractivity contribution is 6.68. The molecule has 0 unspecified atom stereocenters. The van der Waals surface area contributed by atoms with E-state index < -0.39 is 9.96 Å². The summed E-state index contributed by atoms with van der Waals surface area (Å²) in [7, 11) is 0. The van der Waals surface area contributed by atoms with Crippen LogP contribution >= 0.6 is 34.8 Å². The second-order valence-corrected chi connectivity index (χ2v) is 6.11. The highest BCUT2D eigenvalue weighted by atomic mass is 35.6. The van der Waals surface area contributed by atoms with E-state index in [0.29, 0.717) is 13.0 Å². The third-order valence-corrected chi connectivity index (χ3v) is 3.01. The molecule has 7 heteroatoms. The van der Waals surface area contributed by atoms with E-state index in [9.17, 15) is 4.79 Å². The van der Waals surface area contributed by atoms with Crippen LogP contribution in [0, 0.1) is 0 Å². The number of halogens is 3. The second kappa shape index (κ2) is 7.14. The van der Waals surface area contributed by atoms with Gasteiger partial charge in [-0.3, -0.25) is 9.78 Å². The van der Waals surface area contributed by atoms with Gasteiger partial charge in [-0.15, -0.1) is 0 Å². The third-order valence-electron chi connectivity index (χ3n) is 2.30. The van der Waals surface area contributed by atoms with Crippen LogP contribution in [0.5, 0.6) is 0 Å². The summed E-state index contributed by atoms with van der Waals surface area (Å²) in [6.45, 7) is 2.31. The van der Waals surface area contributed by atoms with Gasteiger partial charge < -0.3 is 10.6 Å². The normalized spacial score (nSPS) is 13.1. The van der Waals surface area contributed by atoms with Gasteiger partial charge in [-0.25, -0.2) is 0 Å². The Morgan fingerprint density at radius 2 is 2.28 bits per heavy atom. The average molecular weight is 312 g/mol. The molecule has 1 rings (SSSR count). The van der Waals surface area contributed by atoms with Crippen molar-refractivity contribution in [3.63, 3.8) is 0 Å². The summed E-state index contributed by atoms with van der Waals surface area (Å²) in [4.78, 5) is 15.4. The van der Waals surface area contributed by atoms with Crippen LogP contribution < -0.4 is 10.6 Å². The highest BCUT2D eigenvalue weighted by Gasteiger charge is 2.36. The number of amides is 1. The van der Waals surface area contributed by atoms with Crippen molar-refractivity contribution in [1.29, 1.82) is 0 Å². The summed E-state index contributed by atoms with van der Waals surface area (Å²) in [5, 5.41) is 4.43. The molecular weight excluding hydrogens is 296 g/mol. The molecule has 18 heavy (non-hydrogen) atoms. The molecule has 0 aliphatic carbocycles. The molecule has 1 heterocycles. The number of alkyl halides is 3. The van der Waals surface area contributed by atoms with Gasteiger partial charge in [0.05, 0.1) is 0 Å². The molecule has 100 valence electrons. The molecule has 1 aromatic rings. The molecule has 0 radical (unpaired) electrons. The number of pyridine rings is 1. The number of hydrogen-bond donors (Lipinski definition) is 2. The first-order chi connectivity index (χ1) is 8.43. The fourth-order valence-corrected chi connectivity index (χ4v) is 1.75. The number of quaternary nitrogens is 1. The largest absolute Gasteiger partial charge is 0.319 e. The predicted molar refractivity (Wildman–Crippen MR) is 72.4 cm³/mol. The zero-order chi connectivity index (χ0) is 13.6. The topological polar surface area (TPSA) is 58.6 Å². The van der Waals surface area contributed by atoms with Gasteiger partial charge in [0.1, 0.15) is 6.54 Å². The lowest BCUT2D eigenvalue weighted by Gasteiger charge is -2.23. The number of carbonyl (C=O) groups is 1. The van der Waals surface area contributed by atoms with Gasteiger partial charge in [-0.2, -0.15) is 0 Å². The second-order valence-electron chi connectivity index (χ2n) is 3.74. The van der Waals surface area contributed by atoms with Crippen molar-refractivity contribution in [2.24, 2.45) is 0 Å². The Hall–Kier alpha value is -0.550. The summed E-state index contributed by atoms with van der Waals surface area (Å²) >= 11 is 17.5. The Balaban J connectivity index is 2.59. The lowest BCUT2D eigenvalue weighted by molar-refractivity contribution is -0.707. The predicted octanol–water partition coefficient (Wildman–Crippen LogP) is 1.37. The molecule has 1 amide bonds. The number of nitrogens with zero attached hydrogens (tertiary/aromatic N) is 1. The van der Waals surface area contributed by atoms with Crippen molar-refractivity contribution in [2.75, 3.05) is 0 Å². The SMILES string of the molecule is CCC(=O)N[C@@H]([NH2+]Cc1cccnc1)C(Cl)(Cl)Cl. The van der Waals surface area contributed by atoms with E-state index in [2.05, 4.69) is 10.3 Å². The van der Waals surface area contributed by atoms with Gasteiger partial charge in [0, 0.05) is 24.4 Å². The molecule has 0 aromatic carbocycles. The maximum absolute atomic E-state index is 11.4. The highest BCUT2D eigenvalue weighted by Crippen LogP contribution is 2.27. The first-order valence-corrected chi connectivity index (χ1v) is 6.65. The Morgan fingerprint density at radius 3 is 2.78 bits per heavy atom. The summed E-state index contributed by atoms with van der Waals surface area (Å²) in [6.07, 6.45) is 3.13. The standard InChI is InChI=1S/C11H14Cl3N3O/c1-2-9(18)17-10(11(12,13)14)16-7-8-4-3-5-15-6-8/h3-6,10,16H,2,7H2,1H3,(H,17,18)/p+1/t10-/m1/s1. The number of hydrogen-bond acceptors (Lipinski definition) is 2. The monoisotopic (exact) mass is 310 g/mol. The molecule has 0 aliphatic heterocycles. The number of nitrogens with one attached hydrogen (secondary N) is 1. The smallest absolute Gasteiger partial charge is 0.262 e. The summed E-state index contributed by atoms with van der Waals surface area (Å²) < 4.78 is -1.56. The molecule has 3 N–H and O–H groups in total. The number of aromatic nitrogens is 1. The summed E-state index contributed by atoms with van der Waals surface area (Å²) in [6, 6.07) is 3.75. The average Bonchev–Trinajstić information content (AvgIpc) is 2.34. The quantitative estimate of drug-likeness (QED) is 0.637. The van der Waals surface area contributed by atoms with E-state index in [1.807, 2.05) is 12.1 Å². The van der Waals surface area contributed by atoms with Gasteiger partial charge >= 0.3 is 0 Å². The van der Waals surface area contributed by atoms with Crippen LogP contribution in [0.3, 0.4) is 0 Å². The molecule has 0 saturated heterocycles. The molecule has 0 fully saturated rings. The summed E-state index contributed by atoms with van der Waals surface area (Å²) in [5.74, 6) is -0.159. The van der Waals surface area contributed by atoms with Crippen molar-refractivity contribution >= 4 is 40.7 Å². The number of carbonyl (C=O) groups excluding carboxylic acids is 1. The molecule has 0 spiro atoms. The van der Waals surface area contributed by atoms with E-state index in [0.717, 1.165) is 5.56 Å². The molecule has 0 aliphatic rings. The number of nitrogens with two attached hydrogens (primary N) is 1. The first-order valence-electron chi connectivity index (χ1n) is 5.51. The van der Waals surface area contributed by atoms with Crippen molar-refractivity contribution < 1.29 is 10.1 Å². The van der Waals surface area contributed by atoms with Crippen molar-refractivity contribution in [2.45, 2.75) is 29.8 Å². The fraction of sp³-hybridized carbons (Fsp3) is 0.455. The molecule has 0 bridgehead atoms. The Kier molecular flexibility index (Phi) is 6.15. The first kappa shape index (κ1) is 15.5. The van der Waals surface area contributed by atoms with Crippen LogP contribution in [0.1, 0.15) is 18.9 Å². The molecule has 1 aromatic heterocycles. The van der Waals surface area contributed by atoms with E-state index in [1.54, 1.807) is 24.6 Å². The Labute approximate surface area is 121 Å². The van der Waals surface area contributed by atoms with Crippen LogP contribution in [0.15, 0.2) is 24.5 Å². The molecular formula is C11H15Cl3N3O+. The zero-order valence-electron chi connectivity index (χ0n) is 9.87. The Bertz CT molecular complexity index is 381. The van der Waals surface area contributed by atoms with Gasteiger partial charge in [-0.05, 0) is 6.07 Å². The van der Waals surface area contributed by atoms with Gasteiger partial charge in [-0.1, -0.05) is 47.8 Å². The van der Waals surface area contributed by atoms with Crippen LogP contribution in [-0.4, -0.2) is 20.8 Å². The molecule has 1 atom stereocenters. The van der Waals surface area contributed by atoms with Crippen LogP contribution in [0.25, 0.3) is 0 Å². The van der Waals surface area contributed by atoms with Crippen LogP contribution in [0.4, 0.5) is 0 Å². The van der Waals surface area contributed by atoms with E-state index >= 15 is 0 Å². The van der Waals surface area contributed by atoms with E-state index in [1.165, 1.54) is 0 Å². The summed E-state index contributed by atoms with van der Waals surface area (Å²) in [5.41, 5.74) is 0.988. The van der Waals surface area contributed by atoms with Gasteiger partial charge in [0.25, 0.3) is 3.79 Å². The van der Waals surface area contributed by atoms with Crippen LogP contribution in [-0.2, 0) is 11.3 Å². The minimum Gasteiger partial charge on any atom is -0.319 e. The molecule has 0 saturated carbocycles. The van der Waals surface area contributed by atoms with Gasteiger partial charge in [0.2, 0.25) is 12.1 Å². The Morgan fingerprint density at radius 1 is 1.56 bits per heavy atom. The fourth-order valence-electron chi connectivity index (χ4n) is 1.32. The van der Waals surface area contributed by atoms with E-state index in [-0.39, 0.29) is 5.91 Å². The maximum atomic E-state index is 11.4. The third kappa shape index (κ3) is 5.40. The van der Waals surface area contributed by atoms with Crippen molar-refractivity contribution in [3.8, 4) is 0 Å². The van der Waals surface area contributed by atoms with Crippen molar-refractivity contribution in [3.05, 3.63) is 30.1 Å². The zero-order valence-corrected chi connectivity index (χ0v) is 12.1. The minimum atomic E-state index is -1.56. The maximum Gasteiger partial charge on any atom is 0.262 e. The van der Waals surface area contributed by atoms with Crippen molar-refractivity contribution in [1.82, 2.24) is 10.3 Å². The van der Waals surface area contributed by atoms with Crippen LogP contribution in [0.2, 0.25) is 0 Å². The lowest BCUT2D eigenvalue weighted by Crippen LogP contribution is -2.95. The van der Waals surface area contributed by atoms with E-state index in [4.69, 9.17) is 34.8 Å². The van der Waals surface area contributed by atoms with Gasteiger partial charge in [0.15, 0.2) is 0 Å². The number of rotatable bonds is 5. The lowest BCUT2D eigenvalue weighted by atomic mass is 10.3. The minimum absolute atomic E-state index is 0.159.